The van der Waals surface area contributed by atoms with Crippen LogP contribution in [0.4, 0.5) is 0 Å². The zero-order chi connectivity index (χ0) is 16.4. The molecular weight excluding hydrogens is 316 g/mol. The van der Waals surface area contributed by atoms with Crippen molar-refractivity contribution < 1.29 is 4.79 Å². The second-order valence-corrected chi connectivity index (χ2v) is 7.93. The Kier molecular flexibility index (Phi) is 4.76. The van der Waals surface area contributed by atoms with Gasteiger partial charge < -0.3 is 4.90 Å². The predicted molar refractivity (Wildman–Crippen MR) is 101 cm³/mol. The number of carbonyl (C=O) groups excluding carboxylic acids is 1. The van der Waals surface area contributed by atoms with E-state index in [4.69, 9.17) is 0 Å². The quantitative estimate of drug-likeness (QED) is 0.856. The first-order valence-corrected chi connectivity index (χ1v) is 10.1. The van der Waals surface area contributed by atoms with Crippen molar-refractivity contribution in [3.05, 3.63) is 48.0 Å². The standard InChI is InChI=1S/C20H24N2OS/c23-20(21-11-13-24-14-12-21)19-9-4-10-22(19)15-17-7-3-6-16-5-1-2-8-18(16)17/h1-3,5-8,19H,4,9-15H2. The van der Waals surface area contributed by atoms with Gasteiger partial charge in [0.1, 0.15) is 0 Å². The van der Waals surface area contributed by atoms with E-state index in [0.717, 1.165) is 50.5 Å². The summed E-state index contributed by atoms with van der Waals surface area (Å²) in [5, 5.41) is 2.60. The maximum atomic E-state index is 12.9. The number of fused-ring (bicyclic) bond motifs is 1. The van der Waals surface area contributed by atoms with Gasteiger partial charge in [0.2, 0.25) is 5.91 Å². The van der Waals surface area contributed by atoms with Crippen LogP contribution < -0.4 is 0 Å². The number of likely N-dealkylation sites (tertiary alicyclic amines) is 1. The Labute approximate surface area is 148 Å². The molecule has 2 fully saturated rings. The molecule has 2 aromatic rings. The summed E-state index contributed by atoms with van der Waals surface area (Å²) in [7, 11) is 0. The van der Waals surface area contributed by atoms with Crippen molar-refractivity contribution in [2.75, 3.05) is 31.1 Å². The number of carbonyl (C=O) groups is 1. The van der Waals surface area contributed by atoms with Crippen LogP contribution in [0.2, 0.25) is 0 Å². The van der Waals surface area contributed by atoms with E-state index >= 15 is 0 Å². The van der Waals surface area contributed by atoms with Crippen LogP contribution in [0, 0.1) is 0 Å². The van der Waals surface area contributed by atoms with Crippen LogP contribution in [0.1, 0.15) is 18.4 Å². The Balaban J connectivity index is 1.53. The molecule has 4 rings (SSSR count). The summed E-state index contributed by atoms with van der Waals surface area (Å²) in [5.74, 6) is 2.52. The van der Waals surface area contributed by atoms with Crippen LogP contribution in [0.5, 0.6) is 0 Å². The van der Waals surface area contributed by atoms with E-state index in [0.29, 0.717) is 5.91 Å². The normalized spacial score (nSPS) is 22.2. The number of nitrogens with zero attached hydrogens (tertiary/aromatic N) is 2. The molecule has 0 bridgehead atoms. The number of benzene rings is 2. The van der Waals surface area contributed by atoms with Gasteiger partial charge in [-0.3, -0.25) is 9.69 Å². The highest BCUT2D eigenvalue weighted by atomic mass is 32.2. The van der Waals surface area contributed by atoms with Crippen molar-refractivity contribution in [2.45, 2.75) is 25.4 Å². The lowest BCUT2D eigenvalue weighted by atomic mass is 10.0. The highest BCUT2D eigenvalue weighted by Crippen LogP contribution is 2.26. The van der Waals surface area contributed by atoms with Crippen LogP contribution in [0.15, 0.2) is 42.5 Å². The molecule has 2 aliphatic heterocycles. The Morgan fingerprint density at radius 3 is 2.71 bits per heavy atom. The smallest absolute Gasteiger partial charge is 0.239 e. The first kappa shape index (κ1) is 16.0. The van der Waals surface area contributed by atoms with Gasteiger partial charge >= 0.3 is 0 Å². The molecule has 0 aromatic heterocycles. The Bertz CT molecular complexity index is 721. The highest BCUT2D eigenvalue weighted by Gasteiger charge is 2.34. The van der Waals surface area contributed by atoms with Crippen LogP contribution >= 0.6 is 11.8 Å². The Morgan fingerprint density at radius 1 is 1.04 bits per heavy atom. The zero-order valence-electron chi connectivity index (χ0n) is 14.0. The van der Waals surface area contributed by atoms with Crippen LogP contribution in [-0.4, -0.2) is 52.9 Å². The minimum absolute atomic E-state index is 0.0760. The molecule has 3 nitrogen and oxygen atoms in total. The SMILES string of the molecule is O=C(C1CCCN1Cc1cccc2ccccc12)N1CCSCC1. The maximum absolute atomic E-state index is 12.9. The molecular formula is C20H24N2OS. The predicted octanol–water partition coefficient (Wildman–Crippen LogP) is 3.38. The molecule has 0 radical (unpaired) electrons. The molecule has 4 heteroatoms. The van der Waals surface area contributed by atoms with Crippen LogP contribution in [0.3, 0.4) is 0 Å². The van der Waals surface area contributed by atoms with Crippen molar-refractivity contribution in [3.63, 3.8) is 0 Å². The number of amides is 1. The largest absolute Gasteiger partial charge is 0.340 e. The van der Waals surface area contributed by atoms with Gasteiger partial charge in [-0.2, -0.15) is 11.8 Å². The monoisotopic (exact) mass is 340 g/mol. The molecule has 1 atom stereocenters. The van der Waals surface area contributed by atoms with E-state index in [9.17, 15) is 4.79 Å². The van der Waals surface area contributed by atoms with Gasteiger partial charge in [-0.15, -0.1) is 0 Å². The molecule has 0 N–H and O–H groups in total. The van der Waals surface area contributed by atoms with E-state index in [-0.39, 0.29) is 6.04 Å². The van der Waals surface area contributed by atoms with Gasteiger partial charge in [-0.05, 0) is 35.7 Å². The summed E-state index contributed by atoms with van der Waals surface area (Å²) in [4.78, 5) is 17.4. The molecule has 0 aliphatic carbocycles. The van der Waals surface area contributed by atoms with Crippen LogP contribution in [0.25, 0.3) is 10.8 Å². The van der Waals surface area contributed by atoms with E-state index in [1.165, 1.54) is 16.3 Å². The average Bonchev–Trinajstić information content (AvgIpc) is 3.10. The lowest BCUT2D eigenvalue weighted by Gasteiger charge is -2.32. The molecule has 126 valence electrons. The summed E-state index contributed by atoms with van der Waals surface area (Å²) in [6.07, 6.45) is 2.14. The molecule has 2 aliphatic rings. The lowest BCUT2D eigenvalue weighted by Crippen LogP contribution is -2.48. The third kappa shape index (κ3) is 3.17. The van der Waals surface area contributed by atoms with E-state index in [2.05, 4.69) is 52.3 Å². The number of rotatable bonds is 3. The zero-order valence-corrected chi connectivity index (χ0v) is 14.8. The van der Waals surface area contributed by atoms with Crippen molar-refractivity contribution >= 4 is 28.4 Å². The molecule has 2 saturated heterocycles. The minimum atomic E-state index is 0.0760. The molecule has 0 saturated carbocycles. The lowest BCUT2D eigenvalue weighted by molar-refractivity contribution is -0.135. The average molecular weight is 340 g/mol. The Morgan fingerprint density at radius 2 is 1.83 bits per heavy atom. The fourth-order valence-corrected chi connectivity index (χ4v) is 4.84. The number of thioether (sulfide) groups is 1. The van der Waals surface area contributed by atoms with E-state index in [1.807, 2.05) is 11.8 Å². The summed E-state index contributed by atoms with van der Waals surface area (Å²) in [6, 6.07) is 15.1. The first-order valence-electron chi connectivity index (χ1n) is 8.90. The van der Waals surface area contributed by atoms with Gasteiger partial charge in [0, 0.05) is 31.1 Å². The fourth-order valence-electron chi connectivity index (χ4n) is 3.94. The summed E-state index contributed by atoms with van der Waals surface area (Å²) in [5.41, 5.74) is 1.34. The van der Waals surface area contributed by atoms with Gasteiger partial charge in [0.05, 0.1) is 6.04 Å². The second-order valence-electron chi connectivity index (χ2n) is 6.70. The molecule has 24 heavy (non-hydrogen) atoms. The topological polar surface area (TPSA) is 23.6 Å². The van der Waals surface area contributed by atoms with Gasteiger partial charge in [0.15, 0.2) is 0 Å². The molecule has 2 heterocycles. The van der Waals surface area contributed by atoms with E-state index < -0.39 is 0 Å². The van der Waals surface area contributed by atoms with Gasteiger partial charge in [-0.1, -0.05) is 42.5 Å². The minimum Gasteiger partial charge on any atom is -0.340 e. The maximum Gasteiger partial charge on any atom is 0.239 e. The molecule has 1 amide bonds. The summed E-state index contributed by atoms with van der Waals surface area (Å²) in [6.45, 7) is 3.74. The third-order valence-corrected chi connectivity index (χ3v) is 6.17. The highest BCUT2D eigenvalue weighted by molar-refractivity contribution is 7.99. The number of hydrogen-bond acceptors (Lipinski definition) is 3. The fraction of sp³-hybridized carbons (Fsp3) is 0.450. The molecule has 1 unspecified atom stereocenters. The third-order valence-electron chi connectivity index (χ3n) is 5.22. The summed E-state index contributed by atoms with van der Waals surface area (Å²) >= 11 is 1.96. The van der Waals surface area contributed by atoms with Crippen molar-refractivity contribution in [1.82, 2.24) is 9.80 Å². The Hall–Kier alpha value is -1.52. The van der Waals surface area contributed by atoms with Crippen molar-refractivity contribution in [3.8, 4) is 0 Å². The molecule has 0 spiro atoms. The van der Waals surface area contributed by atoms with Gasteiger partial charge in [-0.25, -0.2) is 0 Å². The first-order chi connectivity index (χ1) is 11.8. The number of hydrogen-bond donors (Lipinski definition) is 0. The van der Waals surface area contributed by atoms with Crippen molar-refractivity contribution in [1.29, 1.82) is 0 Å². The van der Waals surface area contributed by atoms with Crippen LogP contribution in [-0.2, 0) is 11.3 Å². The second kappa shape index (κ2) is 7.16. The summed E-state index contributed by atoms with van der Waals surface area (Å²) < 4.78 is 0. The van der Waals surface area contributed by atoms with Crippen molar-refractivity contribution in [2.24, 2.45) is 0 Å². The van der Waals surface area contributed by atoms with E-state index in [1.54, 1.807) is 0 Å². The van der Waals surface area contributed by atoms with Gasteiger partial charge in [0.25, 0.3) is 0 Å². The molecule has 2 aromatic carbocycles.